The molecule has 0 spiro atoms. The number of likely N-dealkylation sites (N-methyl/N-ethyl adjacent to an activating group) is 1. The molecule has 1 aliphatic heterocycles. The summed E-state index contributed by atoms with van der Waals surface area (Å²) in [7, 11) is 0. The first-order chi connectivity index (χ1) is 7.30. The van der Waals surface area contributed by atoms with Crippen molar-refractivity contribution in [3.05, 3.63) is 0 Å². The van der Waals surface area contributed by atoms with Crippen molar-refractivity contribution < 1.29 is 5.11 Å². The van der Waals surface area contributed by atoms with E-state index in [1.165, 1.54) is 32.4 Å². The maximum absolute atomic E-state index is 9.20. The molecule has 1 aliphatic rings. The van der Waals surface area contributed by atoms with Gasteiger partial charge in [0.1, 0.15) is 0 Å². The second-order valence-corrected chi connectivity index (χ2v) is 4.64. The first kappa shape index (κ1) is 12.9. The van der Waals surface area contributed by atoms with Crippen LogP contribution in [0.25, 0.3) is 0 Å². The van der Waals surface area contributed by atoms with Gasteiger partial charge in [-0.25, -0.2) is 0 Å². The van der Waals surface area contributed by atoms with Crippen molar-refractivity contribution in [2.24, 2.45) is 5.92 Å². The lowest BCUT2D eigenvalue weighted by Crippen LogP contribution is -2.42. The van der Waals surface area contributed by atoms with Crippen LogP contribution in [0.5, 0.6) is 0 Å². The summed E-state index contributed by atoms with van der Waals surface area (Å²) in [6, 6.07) is 0.260. The lowest BCUT2D eigenvalue weighted by Gasteiger charge is -2.22. The zero-order valence-corrected chi connectivity index (χ0v) is 10.2. The van der Waals surface area contributed by atoms with Gasteiger partial charge in [-0.15, -0.1) is 0 Å². The molecule has 0 aromatic carbocycles. The van der Waals surface area contributed by atoms with Crippen molar-refractivity contribution in [2.75, 3.05) is 32.8 Å². The highest BCUT2D eigenvalue weighted by molar-refractivity contribution is 4.79. The number of hydrogen-bond donors (Lipinski definition) is 2. The van der Waals surface area contributed by atoms with Crippen molar-refractivity contribution >= 4 is 0 Å². The van der Waals surface area contributed by atoms with Crippen LogP contribution in [-0.2, 0) is 0 Å². The van der Waals surface area contributed by atoms with E-state index < -0.39 is 0 Å². The molecule has 15 heavy (non-hydrogen) atoms. The summed E-state index contributed by atoms with van der Waals surface area (Å²) in [5, 5.41) is 12.5. The summed E-state index contributed by atoms with van der Waals surface area (Å²) in [6.07, 6.45) is 4.01. The quantitative estimate of drug-likeness (QED) is 0.665. The van der Waals surface area contributed by atoms with Crippen molar-refractivity contribution in [2.45, 2.75) is 39.2 Å². The molecular weight excluding hydrogens is 188 g/mol. The van der Waals surface area contributed by atoms with E-state index in [0.717, 1.165) is 19.0 Å². The van der Waals surface area contributed by atoms with Crippen molar-refractivity contribution in [3.63, 3.8) is 0 Å². The van der Waals surface area contributed by atoms with Gasteiger partial charge in [0.2, 0.25) is 0 Å². The Bertz CT molecular complexity index is 164. The molecule has 1 rings (SSSR count). The smallest absolute Gasteiger partial charge is 0.0597 e. The number of nitrogens with one attached hydrogen (secondary N) is 1. The Kier molecular flexibility index (Phi) is 6.22. The molecule has 2 N–H and O–H groups in total. The first-order valence-electron chi connectivity index (χ1n) is 6.36. The summed E-state index contributed by atoms with van der Waals surface area (Å²) in [5.41, 5.74) is 0. The summed E-state index contributed by atoms with van der Waals surface area (Å²) >= 11 is 0. The highest BCUT2D eigenvalue weighted by Gasteiger charge is 2.23. The normalized spacial score (nSPS) is 24.6. The topological polar surface area (TPSA) is 35.5 Å². The molecule has 3 heteroatoms. The van der Waals surface area contributed by atoms with E-state index in [1.54, 1.807) is 0 Å². The van der Waals surface area contributed by atoms with E-state index in [4.69, 9.17) is 0 Å². The van der Waals surface area contributed by atoms with Crippen LogP contribution >= 0.6 is 0 Å². The van der Waals surface area contributed by atoms with E-state index >= 15 is 0 Å². The Hall–Kier alpha value is -0.120. The molecule has 0 aromatic heterocycles. The van der Waals surface area contributed by atoms with Gasteiger partial charge in [0.05, 0.1) is 6.61 Å². The number of aliphatic hydroxyl groups is 1. The Balaban J connectivity index is 2.21. The number of aliphatic hydroxyl groups excluding tert-OH is 1. The molecule has 1 heterocycles. The predicted octanol–water partition coefficient (Wildman–Crippen LogP) is 1.08. The zero-order valence-electron chi connectivity index (χ0n) is 10.2. The molecule has 1 saturated heterocycles. The summed E-state index contributed by atoms with van der Waals surface area (Å²) in [5.74, 6) is 0.899. The van der Waals surface area contributed by atoms with E-state index in [-0.39, 0.29) is 12.6 Å². The van der Waals surface area contributed by atoms with Crippen molar-refractivity contribution in [1.29, 1.82) is 0 Å². The number of rotatable bonds is 7. The first-order valence-corrected chi connectivity index (χ1v) is 6.36. The fourth-order valence-electron chi connectivity index (χ4n) is 2.51. The van der Waals surface area contributed by atoms with Crippen LogP contribution in [0.3, 0.4) is 0 Å². The van der Waals surface area contributed by atoms with Crippen LogP contribution in [0, 0.1) is 5.92 Å². The Labute approximate surface area is 93.9 Å². The highest BCUT2D eigenvalue weighted by Crippen LogP contribution is 2.20. The van der Waals surface area contributed by atoms with Gasteiger partial charge in [-0.3, -0.25) is 0 Å². The van der Waals surface area contributed by atoms with Crippen molar-refractivity contribution in [3.8, 4) is 0 Å². The summed E-state index contributed by atoms with van der Waals surface area (Å²) < 4.78 is 0. The highest BCUT2D eigenvalue weighted by atomic mass is 16.3. The molecule has 0 radical (unpaired) electrons. The van der Waals surface area contributed by atoms with Crippen LogP contribution < -0.4 is 5.32 Å². The Morgan fingerprint density at radius 3 is 2.87 bits per heavy atom. The summed E-state index contributed by atoms with van der Waals surface area (Å²) in [4.78, 5) is 2.49. The fraction of sp³-hybridized carbons (Fsp3) is 1.00. The van der Waals surface area contributed by atoms with E-state index in [9.17, 15) is 5.11 Å². The minimum atomic E-state index is 0.253. The molecule has 1 fully saturated rings. The average molecular weight is 214 g/mol. The van der Waals surface area contributed by atoms with Gasteiger partial charge in [-0.05, 0) is 31.8 Å². The van der Waals surface area contributed by atoms with Crippen LogP contribution in [0.1, 0.15) is 33.1 Å². The molecule has 2 unspecified atom stereocenters. The predicted molar refractivity (Wildman–Crippen MR) is 64.0 cm³/mol. The molecule has 90 valence electrons. The standard InChI is InChI=1S/C12H26N2O/c1-3-5-11-6-7-14(8-11)9-12(10-15)13-4-2/h11-13,15H,3-10H2,1-2H3. The maximum atomic E-state index is 9.20. The van der Waals surface area contributed by atoms with E-state index in [1.807, 2.05) is 0 Å². The van der Waals surface area contributed by atoms with Gasteiger partial charge in [-0.1, -0.05) is 20.3 Å². The molecule has 0 saturated carbocycles. The van der Waals surface area contributed by atoms with Gasteiger partial charge in [-0.2, -0.15) is 0 Å². The Morgan fingerprint density at radius 1 is 1.47 bits per heavy atom. The monoisotopic (exact) mass is 214 g/mol. The second kappa shape index (κ2) is 7.20. The number of likely N-dealkylation sites (tertiary alicyclic amines) is 1. The molecule has 0 aliphatic carbocycles. The second-order valence-electron chi connectivity index (χ2n) is 4.64. The molecule has 3 nitrogen and oxygen atoms in total. The summed E-state index contributed by atoms with van der Waals surface area (Å²) in [6.45, 7) is 9.00. The van der Waals surface area contributed by atoms with E-state index in [2.05, 4.69) is 24.1 Å². The minimum absolute atomic E-state index is 0.253. The van der Waals surface area contributed by atoms with Crippen molar-refractivity contribution in [1.82, 2.24) is 10.2 Å². The third-order valence-electron chi connectivity index (χ3n) is 3.26. The maximum Gasteiger partial charge on any atom is 0.0597 e. The van der Waals surface area contributed by atoms with Gasteiger partial charge in [0.25, 0.3) is 0 Å². The van der Waals surface area contributed by atoms with Crippen LogP contribution in [-0.4, -0.2) is 48.8 Å². The third-order valence-corrected chi connectivity index (χ3v) is 3.26. The zero-order chi connectivity index (χ0) is 11.1. The molecule has 0 bridgehead atoms. The van der Waals surface area contributed by atoms with Gasteiger partial charge in [0.15, 0.2) is 0 Å². The van der Waals surface area contributed by atoms with Crippen LogP contribution in [0.15, 0.2) is 0 Å². The minimum Gasteiger partial charge on any atom is -0.395 e. The van der Waals surface area contributed by atoms with Crippen LogP contribution in [0.2, 0.25) is 0 Å². The molecular formula is C12H26N2O. The fourth-order valence-corrected chi connectivity index (χ4v) is 2.51. The molecule has 0 aromatic rings. The van der Waals surface area contributed by atoms with Crippen LogP contribution in [0.4, 0.5) is 0 Å². The largest absolute Gasteiger partial charge is 0.395 e. The lowest BCUT2D eigenvalue weighted by molar-refractivity contribution is 0.197. The van der Waals surface area contributed by atoms with Gasteiger partial charge < -0.3 is 15.3 Å². The number of hydrogen-bond acceptors (Lipinski definition) is 3. The third kappa shape index (κ3) is 4.49. The van der Waals surface area contributed by atoms with E-state index in [0.29, 0.717) is 0 Å². The SMILES string of the molecule is CCCC1CCN(CC(CO)NCC)C1. The lowest BCUT2D eigenvalue weighted by atomic mass is 10.0. The average Bonchev–Trinajstić information content (AvgIpc) is 2.66. The molecule has 0 amide bonds. The Morgan fingerprint density at radius 2 is 2.27 bits per heavy atom. The molecule has 2 atom stereocenters. The van der Waals surface area contributed by atoms with Gasteiger partial charge in [0, 0.05) is 19.1 Å². The number of nitrogens with zero attached hydrogens (tertiary/aromatic N) is 1. The van der Waals surface area contributed by atoms with Gasteiger partial charge >= 0.3 is 0 Å².